The van der Waals surface area contributed by atoms with Crippen LogP contribution < -0.4 is 4.90 Å². The summed E-state index contributed by atoms with van der Waals surface area (Å²) < 4.78 is 13.9. The maximum Gasteiger partial charge on any atom is 0.278 e. The molecule has 4 nitrogen and oxygen atoms in total. The van der Waals surface area contributed by atoms with E-state index < -0.39 is 5.82 Å². The number of fused-ring (bicyclic) bond motifs is 1. The SMILES string of the molecule is O=C1C(=Nc2ccccc2F)c2ccccc2N1CN1CCCC1. The van der Waals surface area contributed by atoms with Gasteiger partial charge in [-0.2, -0.15) is 0 Å². The molecule has 0 bridgehead atoms. The molecule has 0 unspecified atom stereocenters. The highest BCUT2D eigenvalue weighted by Crippen LogP contribution is 2.31. The monoisotopic (exact) mass is 323 g/mol. The molecule has 1 fully saturated rings. The fourth-order valence-electron chi connectivity index (χ4n) is 3.30. The number of anilines is 1. The number of hydrogen-bond acceptors (Lipinski definition) is 3. The Labute approximate surface area is 140 Å². The fourth-order valence-corrected chi connectivity index (χ4v) is 3.30. The van der Waals surface area contributed by atoms with Gasteiger partial charge in [0, 0.05) is 5.56 Å². The molecule has 2 aromatic carbocycles. The van der Waals surface area contributed by atoms with E-state index in [1.165, 1.54) is 18.9 Å². The van der Waals surface area contributed by atoms with Crippen LogP contribution in [0.3, 0.4) is 0 Å². The van der Waals surface area contributed by atoms with E-state index in [0.29, 0.717) is 12.4 Å². The number of benzene rings is 2. The molecule has 0 N–H and O–H groups in total. The molecule has 2 aliphatic heterocycles. The van der Waals surface area contributed by atoms with Gasteiger partial charge in [-0.3, -0.25) is 14.6 Å². The smallest absolute Gasteiger partial charge is 0.278 e. The average Bonchev–Trinajstić information content (AvgIpc) is 3.20. The van der Waals surface area contributed by atoms with Crippen molar-refractivity contribution in [2.75, 3.05) is 24.7 Å². The Morgan fingerprint density at radius 1 is 1.00 bits per heavy atom. The van der Waals surface area contributed by atoms with Gasteiger partial charge in [-0.15, -0.1) is 0 Å². The van der Waals surface area contributed by atoms with Crippen LogP contribution in [0.1, 0.15) is 18.4 Å². The Balaban J connectivity index is 1.73. The molecule has 0 atom stereocenters. The van der Waals surface area contributed by atoms with Gasteiger partial charge in [-0.05, 0) is 44.1 Å². The molecule has 122 valence electrons. The summed E-state index contributed by atoms with van der Waals surface area (Å²) in [7, 11) is 0. The summed E-state index contributed by atoms with van der Waals surface area (Å²) in [4.78, 5) is 21.3. The van der Waals surface area contributed by atoms with E-state index in [0.717, 1.165) is 24.3 Å². The van der Waals surface area contributed by atoms with Gasteiger partial charge in [0.1, 0.15) is 11.5 Å². The molecular formula is C19H18FN3O. The number of likely N-dealkylation sites (tertiary alicyclic amines) is 1. The van der Waals surface area contributed by atoms with Gasteiger partial charge >= 0.3 is 0 Å². The zero-order chi connectivity index (χ0) is 16.5. The second kappa shape index (κ2) is 6.17. The van der Waals surface area contributed by atoms with Crippen LogP contribution in [0, 0.1) is 5.82 Å². The molecule has 5 heteroatoms. The van der Waals surface area contributed by atoms with Crippen molar-refractivity contribution in [2.24, 2.45) is 4.99 Å². The average molecular weight is 323 g/mol. The minimum absolute atomic E-state index is 0.161. The lowest BCUT2D eigenvalue weighted by Crippen LogP contribution is -2.39. The topological polar surface area (TPSA) is 35.9 Å². The zero-order valence-electron chi connectivity index (χ0n) is 13.3. The van der Waals surface area contributed by atoms with Crippen molar-refractivity contribution in [3.63, 3.8) is 0 Å². The highest BCUT2D eigenvalue weighted by atomic mass is 19.1. The van der Waals surface area contributed by atoms with Gasteiger partial charge in [0.25, 0.3) is 5.91 Å². The molecule has 2 heterocycles. The maximum atomic E-state index is 13.9. The summed E-state index contributed by atoms with van der Waals surface area (Å²) in [6, 6.07) is 13.9. The van der Waals surface area contributed by atoms with Gasteiger partial charge in [0.15, 0.2) is 0 Å². The number of rotatable bonds is 3. The second-order valence-corrected chi connectivity index (χ2v) is 6.13. The van der Waals surface area contributed by atoms with Crippen LogP contribution in [0.2, 0.25) is 0 Å². The quantitative estimate of drug-likeness (QED) is 0.868. The molecule has 0 aromatic heterocycles. The van der Waals surface area contributed by atoms with E-state index in [4.69, 9.17) is 0 Å². The van der Waals surface area contributed by atoms with Crippen molar-refractivity contribution in [1.29, 1.82) is 0 Å². The number of halogens is 1. The van der Waals surface area contributed by atoms with Crippen LogP contribution in [-0.2, 0) is 4.79 Å². The van der Waals surface area contributed by atoms with Gasteiger partial charge in [-0.1, -0.05) is 30.3 Å². The van der Waals surface area contributed by atoms with Crippen LogP contribution in [-0.4, -0.2) is 36.3 Å². The van der Waals surface area contributed by atoms with Crippen LogP contribution >= 0.6 is 0 Å². The van der Waals surface area contributed by atoms with Gasteiger partial charge in [0.2, 0.25) is 0 Å². The van der Waals surface area contributed by atoms with Crippen LogP contribution in [0.4, 0.5) is 15.8 Å². The van der Waals surface area contributed by atoms with Crippen molar-refractivity contribution in [3.05, 3.63) is 59.9 Å². The first-order chi connectivity index (χ1) is 11.7. The summed E-state index contributed by atoms with van der Waals surface area (Å²) >= 11 is 0. The predicted molar refractivity (Wildman–Crippen MR) is 92.2 cm³/mol. The minimum atomic E-state index is -0.423. The fraction of sp³-hybridized carbons (Fsp3) is 0.263. The Hall–Kier alpha value is -2.53. The summed E-state index contributed by atoms with van der Waals surface area (Å²) in [6.45, 7) is 2.57. The zero-order valence-corrected chi connectivity index (χ0v) is 13.3. The van der Waals surface area contributed by atoms with Gasteiger partial charge < -0.3 is 0 Å². The Kier molecular flexibility index (Phi) is 3.86. The van der Waals surface area contributed by atoms with Crippen molar-refractivity contribution < 1.29 is 9.18 Å². The highest BCUT2D eigenvalue weighted by molar-refractivity contribution is 6.54. The van der Waals surface area contributed by atoms with Crippen molar-refractivity contribution in [1.82, 2.24) is 4.90 Å². The first kappa shape index (κ1) is 15.0. The predicted octanol–water partition coefficient (Wildman–Crippen LogP) is 3.35. The van der Waals surface area contributed by atoms with Gasteiger partial charge in [0.05, 0.1) is 18.0 Å². The first-order valence-corrected chi connectivity index (χ1v) is 8.21. The number of para-hydroxylation sites is 2. The molecular weight excluding hydrogens is 305 g/mol. The standard InChI is InChI=1S/C19H18FN3O/c20-15-8-2-3-9-16(15)21-18-14-7-1-4-10-17(14)23(19(18)24)13-22-11-5-6-12-22/h1-4,7-10H,5-6,11-13H2. The number of aliphatic imine (C=N–C) groups is 1. The number of nitrogens with zero attached hydrogens (tertiary/aromatic N) is 3. The summed E-state index contributed by atoms with van der Waals surface area (Å²) in [5, 5.41) is 0. The number of amides is 1. The van der Waals surface area contributed by atoms with Crippen LogP contribution in [0.25, 0.3) is 0 Å². The Morgan fingerprint density at radius 2 is 1.71 bits per heavy atom. The minimum Gasteiger partial charge on any atom is -0.293 e. The lowest BCUT2D eigenvalue weighted by atomic mass is 10.1. The normalized spacial score (nSPS) is 19.3. The first-order valence-electron chi connectivity index (χ1n) is 8.21. The number of carbonyl (C=O) groups is 1. The van der Waals surface area contributed by atoms with E-state index in [2.05, 4.69) is 9.89 Å². The number of hydrogen-bond donors (Lipinski definition) is 0. The second-order valence-electron chi connectivity index (χ2n) is 6.13. The molecule has 2 aliphatic rings. The van der Waals surface area contributed by atoms with E-state index >= 15 is 0 Å². The van der Waals surface area contributed by atoms with E-state index in [1.54, 1.807) is 23.1 Å². The largest absolute Gasteiger partial charge is 0.293 e. The molecule has 4 rings (SSSR count). The lowest BCUT2D eigenvalue weighted by molar-refractivity contribution is -0.112. The highest BCUT2D eigenvalue weighted by Gasteiger charge is 2.35. The van der Waals surface area contributed by atoms with Crippen LogP contribution in [0.5, 0.6) is 0 Å². The number of carbonyl (C=O) groups excluding carboxylic acids is 1. The summed E-state index contributed by atoms with van der Waals surface area (Å²) in [6.07, 6.45) is 2.33. The third kappa shape index (κ3) is 2.61. The van der Waals surface area contributed by atoms with E-state index in [-0.39, 0.29) is 11.6 Å². The van der Waals surface area contributed by atoms with Gasteiger partial charge in [-0.25, -0.2) is 9.38 Å². The Morgan fingerprint density at radius 3 is 2.50 bits per heavy atom. The molecule has 1 saturated heterocycles. The maximum absolute atomic E-state index is 13.9. The third-order valence-corrected chi connectivity index (χ3v) is 4.52. The van der Waals surface area contributed by atoms with Crippen molar-refractivity contribution >= 4 is 23.0 Å². The van der Waals surface area contributed by atoms with E-state index in [9.17, 15) is 9.18 Å². The van der Waals surface area contributed by atoms with Crippen molar-refractivity contribution in [2.45, 2.75) is 12.8 Å². The van der Waals surface area contributed by atoms with Crippen LogP contribution in [0.15, 0.2) is 53.5 Å². The molecule has 0 spiro atoms. The summed E-state index contributed by atoms with van der Waals surface area (Å²) in [5.41, 5.74) is 2.13. The molecule has 0 aliphatic carbocycles. The molecule has 24 heavy (non-hydrogen) atoms. The molecule has 0 radical (unpaired) electrons. The lowest BCUT2D eigenvalue weighted by Gasteiger charge is -2.23. The van der Waals surface area contributed by atoms with E-state index in [1.807, 2.05) is 24.3 Å². The Bertz CT molecular complexity index is 812. The molecule has 0 saturated carbocycles. The third-order valence-electron chi connectivity index (χ3n) is 4.52. The summed E-state index contributed by atoms with van der Waals surface area (Å²) in [5.74, 6) is -0.584. The molecule has 2 aromatic rings. The van der Waals surface area contributed by atoms with Crippen molar-refractivity contribution in [3.8, 4) is 0 Å². The molecule has 1 amide bonds.